The normalized spacial score (nSPS) is 63.0. The molecule has 1 nitrogen and oxygen atoms in total. The Morgan fingerprint density at radius 2 is 1.59 bits per heavy atom. The molecule has 0 aromatic rings. The molecule has 17 heavy (non-hydrogen) atoms. The minimum atomic E-state index is 0. The van der Waals surface area contributed by atoms with Gasteiger partial charge in [0.1, 0.15) is 0 Å². The highest BCUT2D eigenvalue weighted by Crippen LogP contribution is 2.82. The van der Waals surface area contributed by atoms with E-state index < -0.39 is 0 Å². The minimum absolute atomic E-state index is 0. The van der Waals surface area contributed by atoms with Gasteiger partial charge in [0.15, 0.2) is 0 Å². The second kappa shape index (κ2) is 3.42. The van der Waals surface area contributed by atoms with E-state index in [9.17, 15) is 0 Å². The second-order valence-corrected chi connectivity index (χ2v) is 7.27. The summed E-state index contributed by atoms with van der Waals surface area (Å²) < 4.78 is 0. The SMILES string of the molecule is CCCCNC1C2C3CC4C5C3CC2C5C41.Cl. The van der Waals surface area contributed by atoms with Crippen molar-refractivity contribution in [1.82, 2.24) is 5.32 Å². The first-order valence-electron chi connectivity index (χ1n) is 7.65. The molecule has 2 bridgehead atoms. The molecule has 1 N–H and O–H groups in total. The van der Waals surface area contributed by atoms with E-state index in [4.69, 9.17) is 0 Å². The van der Waals surface area contributed by atoms with Crippen molar-refractivity contribution in [1.29, 1.82) is 0 Å². The van der Waals surface area contributed by atoms with Crippen molar-refractivity contribution < 1.29 is 0 Å². The van der Waals surface area contributed by atoms with Gasteiger partial charge in [-0.15, -0.1) is 12.4 Å². The summed E-state index contributed by atoms with van der Waals surface area (Å²) in [5.74, 6) is 9.46. The lowest BCUT2D eigenvalue weighted by Gasteiger charge is -2.48. The zero-order valence-electron chi connectivity index (χ0n) is 10.6. The molecular formula is C15H24ClN. The maximum absolute atomic E-state index is 3.96. The average molecular weight is 254 g/mol. The van der Waals surface area contributed by atoms with Crippen LogP contribution in [0, 0.1) is 47.3 Å². The van der Waals surface area contributed by atoms with E-state index in [1.165, 1.54) is 54.9 Å². The van der Waals surface area contributed by atoms with Crippen LogP contribution in [0.5, 0.6) is 0 Å². The van der Waals surface area contributed by atoms with Crippen molar-refractivity contribution in [2.24, 2.45) is 47.3 Å². The first-order valence-corrected chi connectivity index (χ1v) is 7.65. The number of halogens is 1. The number of fused-ring (bicyclic) bond motifs is 2. The summed E-state index contributed by atoms with van der Waals surface area (Å²) in [6.45, 7) is 3.60. The number of hydrogen-bond donors (Lipinski definition) is 1. The van der Waals surface area contributed by atoms with Crippen LogP contribution in [0.25, 0.3) is 0 Å². The fourth-order valence-electron chi connectivity index (χ4n) is 7.19. The fraction of sp³-hybridized carbons (Fsp3) is 1.00. The van der Waals surface area contributed by atoms with E-state index in [-0.39, 0.29) is 12.4 Å². The first kappa shape index (κ1) is 11.1. The predicted molar refractivity (Wildman–Crippen MR) is 71.1 cm³/mol. The van der Waals surface area contributed by atoms with Crippen molar-refractivity contribution in [3.8, 4) is 0 Å². The average Bonchev–Trinajstić information content (AvgIpc) is 2.77. The van der Waals surface area contributed by atoms with Gasteiger partial charge < -0.3 is 5.32 Å². The van der Waals surface area contributed by atoms with Gasteiger partial charge in [-0.25, -0.2) is 0 Å². The standard InChI is InChI=1S/C15H23N.ClH/c1-2-3-4-16-15-12-8-6-9-11-7(8)5-10(12)13(11)14(9)15;/h7-16H,2-6H2,1H3;1H. The van der Waals surface area contributed by atoms with Crippen LogP contribution in [0.15, 0.2) is 0 Å². The van der Waals surface area contributed by atoms with Gasteiger partial charge in [0.05, 0.1) is 0 Å². The molecule has 0 spiro atoms. The van der Waals surface area contributed by atoms with E-state index in [1.54, 1.807) is 12.8 Å². The van der Waals surface area contributed by atoms with Gasteiger partial charge in [-0.3, -0.25) is 0 Å². The Hall–Kier alpha value is 0.250. The van der Waals surface area contributed by atoms with Gasteiger partial charge in [-0.05, 0) is 73.2 Å². The lowest BCUT2D eigenvalue weighted by atomic mass is 9.59. The highest BCUT2D eigenvalue weighted by atomic mass is 35.5. The number of hydrogen-bond acceptors (Lipinski definition) is 1. The Bertz CT molecular complexity index is 338. The molecule has 0 radical (unpaired) electrons. The molecule has 5 aliphatic rings. The maximum Gasteiger partial charge on any atom is 0.0135 e. The maximum atomic E-state index is 3.96. The predicted octanol–water partition coefficient (Wildman–Crippen LogP) is 2.94. The number of nitrogens with one attached hydrogen (secondary N) is 1. The van der Waals surface area contributed by atoms with Gasteiger partial charge in [-0.2, -0.15) is 0 Å². The lowest BCUT2D eigenvalue weighted by Crippen LogP contribution is -2.51. The molecule has 2 heteroatoms. The van der Waals surface area contributed by atoms with Crippen LogP contribution in [0.3, 0.4) is 0 Å². The third-order valence-electron chi connectivity index (χ3n) is 7.23. The Morgan fingerprint density at radius 1 is 0.882 bits per heavy atom. The molecule has 5 rings (SSSR count). The van der Waals surface area contributed by atoms with Gasteiger partial charge in [0.25, 0.3) is 0 Å². The van der Waals surface area contributed by atoms with Crippen molar-refractivity contribution in [3.05, 3.63) is 0 Å². The van der Waals surface area contributed by atoms with Gasteiger partial charge in [0, 0.05) is 6.04 Å². The van der Waals surface area contributed by atoms with Gasteiger partial charge in [-0.1, -0.05) is 13.3 Å². The van der Waals surface area contributed by atoms with Crippen LogP contribution < -0.4 is 5.32 Å². The summed E-state index contributed by atoms with van der Waals surface area (Å²) in [5.41, 5.74) is 0. The highest BCUT2D eigenvalue weighted by Gasteiger charge is 2.80. The minimum Gasteiger partial charge on any atom is -0.313 e. The summed E-state index contributed by atoms with van der Waals surface area (Å²) in [6, 6.07) is 0.967. The summed E-state index contributed by atoms with van der Waals surface area (Å²) >= 11 is 0. The quantitative estimate of drug-likeness (QED) is 0.760. The van der Waals surface area contributed by atoms with Gasteiger partial charge >= 0.3 is 0 Å². The molecule has 0 heterocycles. The second-order valence-electron chi connectivity index (χ2n) is 7.27. The van der Waals surface area contributed by atoms with E-state index in [2.05, 4.69) is 12.2 Å². The largest absolute Gasteiger partial charge is 0.313 e. The van der Waals surface area contributed by atoms with Crippen LogP contribution >= 0.6 is 12.4 Å². The first-order chi connectivity index (χ1) is 7.92. The van der Waals surface area contributed by atoms with Gasteiger partial charge in [0.2, 0.25) is 0 Å². The highest BCUT2D eigenvalue weighted by molar-refractivity contribution is 5.85. The molecule has 0 aliphatic heterocycles. The molecular weight excluding hydrogens is 230 g/mol. The Kier molecular flexibility index (Phi) is 2.23. The summed E-state index contributed by atoms with van der Waals surface area (Å²) in [4.78, 5) is 0. The molecule has 9 unspecified atom stereocenters. The third-order valence-corrected chi connectivity index (χ3v) is 7.23. The smallest absolute Gasteiger partial charge is 0.0135 e. The van der Waals surface area contributed by atoms with E-state index in [0.717, 1.165) is 17.9 Å². The molecule has 0 aromatic carbocycles. The van der Waals surface area contributed by atoms with Crippen molar-refractivity contribution in [2.45, 2.75) is 38.6 Å². The monoisotopic (exact) mass is 253 g/mol. The molecule has 5 fully saturated rings. The van der Waals surface area contributed by atoms with E-state index in [0.29, 0.717) is 0 Å². The van der Waals surface area contributed by atoms with Crippen LogP contribution in [0.1, 0.15) is 32.6 Å². The van der Waals surface area contributed by atoms with Crippen molar-refractivity contribution >= 4 is 12.4 Å². The van der Waals surface area contributed by atoms with Crippen LogP contribution in [-0.2, 0) is 0 Å². The third kappa shape index (κ3) is 1.01. The van der Waals surface area contributed by atoms with E-state index >= 15 is 0 Å². The topological polar surface area (TPSA) is 12.0 Å². The Balaban J connectivity index is 0.000000800. The number of rotatable bonds is 4. The van der Waals surface area contributed by atoms with Crippen molar-refractivity contribution in [3.63, 3.8) is 0 Å². The molecule has 5 saturated carbocycles. The molecule has 0 amide bonds. The molecule has 5 aliphatic carbocycles. The molecule has 96 valence electrons. The van der Waals surface area contributed by atoms with Crippen LogP contribution in [0.4, 0.5) is 0 Å². The zero-order chi connectivity index (χ0) is 10.4. The Morgan fingerprint density at radius 3 is 2.35 bits per heavy atom. The van der Waals surface area contributed by atoms with Crippen molar-refractivity contribution in [2.75, 3.05) is 6.54 Å². The number of unbranched alkanes of at least 4 members (excludes halogenated alkanes) is 1. The van der Waals surface area contributed by atoms with Crippen LogP contribution in [-0.4, -0.2) is 12.6 Å². The zero-order valence-corrected chi connectivity index (χ0v) is 11.5. The lowest BCUT2D eigenvalue weighted by molar-refractivity contribution is 0.00977. The molecule has 0 saturated heterocycles. The van der Waals surface area contributed by atoms with E-state index in [1.807, 2.05) is 0 Å². The summed E-state index contributed by atoms with van der Waals surface area (Å²) in [5, 5.41) is 3.96. The fourth-order valence-corrected chi connectivity index (χ4v) is 7.19. The summed E-state index contributed by atoms with van der Waals surface area (Å²) in [6.07, 6.45) is 6.01. The molecule has 9 atom stereocenters. The summed E-state index contributed by atoms with van der Waals surface area (Å²) in [7, 11) is 0. The van der Waals surface area contributed by atoms with Crippen LogP contribution in [0.2, 0.25) is 0 Å². The molecule has 0 aromatic heterocycles. The Labute approximate surface area is 111 Å².